The minimum Gasteiger partial charge on any atom is -1.00 e. The summed E-state index contributed by atoms with van der Waals surface area (Å²) in [5, 5.41) is 25.9. The van der Waals surface area contributed by atoms with E-state index in [0.29, 0.717) is 6.42 Å². The topological polar surface area (TPSA) is 77.8 Å². The van der Waals surface area contributed by atoms with Crippen molar-refractivity contribution >= 4 is 43.7 Å². The van der Waals surface area contributed by atoms with Crippen LogP contribution in [0.3, 0.4) is 0 Å². The Hall–Kier alpha value is 0.390. The largest absolute Gasteiger partial charge is 2.00 e. The molecular weight excluding hydrogens is 188 g/mol. The van der Waals surface area contributed by atoms with Gasteiger partial charge in [0, 0.05) is 0 Å². The van der Waals surface area contributed by atoms with Crippen molar-refractivity contribution in [1.29, 1.82) is 0 Å². The Labute approximate surface area is 104 Å². The molecule has 0 aliphatic carbocycles. The molecule has 0 saturated heterocycles. The monoisotopic (exact) mass is 202 g/mol. The SMILES string of the molecule is C=CCCC(O)C(O)C(=O)O.[Ca+2].[H-].[H-]. The van der Waals surface area contributed by atoms with Crippen molar-refractivity contribution in [3.05, 3.63) is 12.7 Å². The number of aliphatic carboxylic acids is 1. The first-order chi connectivity index (χ1) is 5.09. The fraction of sp³-hybridized carbons (Fsp3) is 0.571. The van der Waals surface area contributed by atoms with Crippen LogP contribution in [0.1, 0.15) is 15.7 Å². The fourth-order valence-electron chi connectivity index (χ4n) is 0.611. The molecule has 12 heavy (non-hydrogen) atoms. The van der Waals surface area contributed by atoms with Crippen LogP contribution < -0.4 is 0 Å². The van der Waals surface area contributed by atoms with Gasteiger partial charge in [0.2, 0.25) is 0 Å². The maximum absolute atomic E-state index is 10.1. The zero-order valence-corrected chi connectivity index (χ0v) is 9.02. The van der Waals surface area contributed by atoms with Crippen molar-refractivity contribution in [2.45, 2.75) is 25.0 Å². The number of carbonyl (C=O) groups is 1. The molecule has 0 rings (SSSR count). The van der Waals surface area contributed by atoms with Gasteiger partial charge in [-0.15, -0.1) is 6.58 Å². The van der Waals surface area contributed by atoms with Crippen LogP contribution in [0.5, 0.6) is 0 Å². The van der Waals surface area contributed by atoms with E-state index in [9.17, 15) is 4.79 Å². The molecule has 0 heterocycles. The van der Waals surface area contributed by atoms with E-state index in [4.69, 9.17) is 15.3 Å². The van der Waals surface area contributed by atoms with E-state index in [0.717, 1.165) is 0 Å². The average molecular weight is 202 g/mol. The minimum atomic E-state index is -1.69. The second-order valence-corrected chi connectivity index (χ2v) is 2.22. The standard InChI is InChI=1S/C7H12O4.Ca.2H/c1-2-3-4-5(8)6(9)7(10)11;;;/h2,5-6,8-9H,1,3-4H2,(H,10,11);;;/q;+2;2*-1. The number of hydrogen-bond donors (Lipinski definition) is 3. The van der Waals surface area contributed by atoms with Gasteiger partial charge in [-0.2, -0.15) is 0 Å². The number of hydrogen-bond acceptors (Lipinski definition) is 3. The van der Waals surface area contributed by atoms with Crippen LogP contribution in [-0.4, -0.2) is 71.2 Å². The summed E-state index contributed by atoms with van der Waals surface area (Å²) in [6, 6.07) is 0. The van der Waals surface area contributed by atoms with Crippen molar-refractivity contribution in [3.63, 3.8) is 0 Å². The average Bonchev–Trinajstić information content (AvgIpc) is 1.98. The molecule has 68 valence electrons. The Morgan fingerprint density at radius 3 is 2.42 bits per heavy atom. The Balaban J connectivity index is -0.000000167. The Kier molecular flexibility index (Phi) is 9.94. The molecule has 4 nitrogen and oxygen atoms in total. The zero-order valence-electron chi connectivity index (χ0n) is 8.81. The summed E-state index contributed by atoms with van der Waals surface area (Å²) in [5.74, 6) is -1.40. The maximum Gasteiger partial charge on any atom is 2.00 e. The van der Waals surface area contributed by atoms with Crippen LogP contribution in [0.15, 0.2) is 12.7 Å². The van der Waals surface area contributed by atoms with Crippen LogP contribution in [0.4, 0.5) is 0 Å². The molecule has 0 aliphatic rings. The number of allylic oxidation sites excluding steroid dienone is 1. The van der Waals surface area contributed by atoms with Gasteiger partial charge < -0.3 is 18.2 Å². The van der Waals surface area contributed by atoms with E-state index in [-0.39, 0.29) is 47.0 Å². The van der Waals surface area contributed by atoms with E-state index >= 15 is 0 Å². The number of carboxylic acids is 1. The zero-order chi connectivity index (χ0) is 8.85. The molecule has 0 fully saturated rings. The first-order valence-corrected chi connectivity index (χ1v) is 3.29. The van der Waals surface area contributed by atoms with Gasteiger partial charge in [0.05, 0.1) is 6.10 Å². The van der Waals surface area contributed by atoms with Gasteiger partial charge in [-0.05, 0) is 12.8 Å². The number of rotatable bonds is 5. The van der Waals surface area contributed by atoms with Crippen LogP contribution in [0, 0.1) is 0 Å². The Morgan fingerprint density at radius 2 is 2.08 bits per heavy atom. The van der Waals surface area contributed by atoms with Gasteiger partial charge in [-0.25, -0.2) is 4.79 Å². The smallest absolute Gasteiger partial charge is 1.00 e. The van der Waals surface area contributed by atoms with Crippen molar-refractivity contribution in [2.24, 2.45) is 0 Å². The van der Waals surface area contributed by atoms with Crippen molar-refractivity contribution < 1.29 is 23.0 Å². The minimum absolute atomic E-state index is 0. The summed E-state index contributed by atoms with van der Waals surface area (Å²) in [6.07, 6.45) is -0.624. The van der Waals surface area contributed by atoms with Gasteiger partial charge >= 0.3 is 43.7 Å². The second-order valence-electron chi connectivity index (χ2n) is 2.22. The van der Waals surface area contributed by atoms with E-state index in [1.165, 1.54) is 0 Å². The third kappa shape index (κ3) is 5.97. The maximum atomic E-state index is 10.1. The second kappa shape index (κ2) is 8.01. The van der Waals surface area contributed by atoms with E-state index in [2.05, 4.69) is 6.58 Å². The van der Waals surface area contributed by atoms with Crippen molar-refractivity contribution in [1.82, 2.24) is 0 Å². The number of aliphatic hydroxyl groups is 2. The predicted octanol–water partition coefficient (Wildman–Crippen LogP) is -0.397. The van der Waals surface area contributed by atoms with Gasteiger partial charge in [-0.3, -0.25) is 0 Å². The van der Waals surface area contributed by atoms with Crippen LogP contribution in [0.25, 0.3) is 0 Å². The predicted molar refractivity (Wildman–Crippen MR) is 47.1 cm³/mol. The molecule has 0 radical (unpaired) electrons. The Morgan fingerprint density at radius 1 is 1.58 bits per heavy atom. The summed E-state index contributed by atoms with van der Waals surface area (Å²) in [6.45, 7) is 3.40. The van der Waals surface area contributed by atoms with Gasteiger partial charge in [-0.1, -0.05) is 6.08 Å². The summed E-state index contributed by atoms with van der Waals surface area (Å²) in [5.41, 5.74) is 0. The normalized spacial score (nSPS) is 14.2. The van der Waals surface area contributed by atoms with Gasteiger partial charge in [0.1, 0.15) is 0 Å². The molecule has 0 aliphatic heterocycles. The molecule has 0 saturated carbocycles. The molecule has 2 unspecified atom stereocenters. The molecule has 0 bridgehead atoms. The molecule has 0 spiro atoms. The molecule has 5 heteroatoms. The van der Waals surface area contributed by atoms with Crippen molar-refractivity contribution in [2.75, 3.05) is 0 Å². The summed E-state index contributed by atoms with van der Waals surface area (Å²) in [7, 11) is 0. The number of aliphatic hydroxyl groups excluding tert-OH is 2. The molecule has 0 aromatic rings. The van der Waals surface area contributed by atoms with Crippen LogP contribution in [0.2, 0.25) is 0 Å². The summed E-state index contributed by atoms with van der Waals surface area (Å²) in [4.78, 5) is 10.1. The van der Waals surface area contributed by atoms with E-state index in [1.54, 1.807) is 6.08 Å². The van der Waals surface area contributed by atoms with Crippen molar-refractivity contribution in [3.8, 4) is 0 Å². The number of carboxylic acid groups (broad SMARTS) is 1. The third-order valence-corrected chi connectivity index (χ3v) is 1.28. The Bertz CT molecular complexity index is 157. The van der Waals surface area contributed by atoms with Gasteiger partial charge in [0.15, 0.2) is 6.10 Å². The third-order valence-electron chi connectivity index (χ3n) is 1.28. The summed E-state index contributed by atoms with van der Waals surface area (Å²) >= 11 is 0. The first kappa shape index (κ1) is 14.9. The van der Waals surface area contributed by atoms with E-state index < -0.39 is 18.2 Å². The molecule has 0 amide bonds. The molecule has 0 aromatic heterocycles. The molecule has 2 atom stereocenters. The first-order valence-electron chi connectivity index (χ1n) is 3.29. The molecular formula is C7H14CaO4. The van der Waals surface area contributed by atoms with E-state index in [1.807, 2.05) is 0 Å². The van der Waals surface area contributed by atoms with Crippen LogP contribution >= 0.6 is 0 Å². The molecule has 3 N–H and O–H groups in total. The summed E-state index contributed by atoms with van der Waals surface area (Å²) < 4.78 is 0. The molecule has 0 aromatic carbocycles. The fourth-order valence-corrected chi connectivity index (χ4v) is 0.611. The quantitative estimate of drug-likeness (QED) is 0.419. The van der Waals surface area contributed by atoms with Gasteiger partial charge in [0.25, 0.3) is 0 Å². The van der Waals surface area contributed by atoms with Crippen LogP contribution in [-0.2, 0) is 4.79 Å².